The van der Waals surface area contributed by atoms with E-state index in [0.29, 0.717) is 26.1 Å². The van der Waals surface area contributed by atoms with Gasteiger partial charge in [0.1, 0.15) is 5.82 Å². The topological polar surface area (TPSA) is 84.9 Å². The Bertz CT molecular complexity index is 965. The van der Waals surface area contributed by atoms with Gasteiger partial charge in [0.25, 0.3) is 0 Å². The van der Waals surface area contributed by atoms with Crippen molar-refractivity contribution in [3.05, 3.63) is 47.8 Å². The van der Waals surface area contributed by atoms with Crippen molar-refractivity contribution in [3.8, 4) is 0 Å². The molecule has 8 heteroatoms. The SMILES string of the molecule is CNC(=O)N1C[C@@H](CO)C[C@@H](N(C(=O)NCc2ccc3cc(F)ccc3c2)C2CC2)C1. The summed E-state index contributed by atoms with van der Waals surface area (Å²) < 4.78 is 13.4. The number of carbonyl (C=O) groups excluding carboxylic acids is 2. The summed E-state index contributed by atoms with van der Waals surface area (Å²) in [5.41, 5.74) is 0.937. The molecule has 7 nitrogen and oxygen atoms in total. The predicted molar refractivity (Wildman–Crippen MR) is 116 cm³/mol. The van der Waals surface area contributed by atoms with Crippen LogP contribution in [0.1, 0.15) is 24.8 Å². The first-order valence-corrected chi connectivity index (χ1v) is 10.8. The molecule has 2 aliphatic rings. The van der Waals surface area contributed by atoms with E-state index in [9.17, 15) is 19.1 Å². The van der Waals surface area contributed by atoms with Crippen molar-refractivity contribution >= 4 is 22.8 Å². The fraction of sp³-hybridized carbons (Fsp3) is 0.478. The maximum atomic E-state index is 13.4. The first kappa shape index (κ1) is 21.4. The minimum atomic E-state index is -0.270. The second-order valence-electron chi connectivity index (χ2n) is 8.52. The lowest BCUT2D eigenvalue weighted by Crippen LogP contribution is -2.58. The average molecular weight is 429 g/mol. The van der Waals surface area contributed by atoms with Gasteiger partial charge in [-0.2, -0.15) is 0 Å². The van der Waals surface area contributed by atoms with Gasteiger partial charge < -0.3 is 25.5 Å². The Hall–Kier alpha value is -2.87. The number of fused-ring (bicyclic) bond motifs is 1. The summed E-state index contributed by atoms with van der Waals surface area (Å²) in [5, 5.41) is 17.1. The zero-order chi connectivity index (χ0) is 22.0. The number of piperidine rings is 1. The number of aliphatic hydroxyl groups is 1. The lowest BCUT2D eigenvalue weighted by Gasteiger charge is -2.42. The third kappa shape index (κ3) is 4.90. The van der Waals surface area contributed by atoms with Crippen LogP contribution in [-0.4, -0.2) is 65.8 Å². The molecule has 31 heavy (non-hydrogen) atoms. The Labute approximate surface area is 181 Å². The fourth-order valence-electron chi connectivity index (χ4n) is 4.46. The summed E-state index contributed by atoms with van der Waals surface area (Å²) in [5.74, 6) is -0.320. The first-order valence-electron chi connectivity index (χ1n) is 10.8. The Balaban J connectivity index is 1.45. The van der Waals surface area contributed by atoms with Crippen molar-refractivity contribution < 1.29 is 19.1 Å². The highest BCUT2D eigenvalue weighted by molar-refractivity contribution is 5.83. The Kier molecular flexibility index (Phi) is 6.27. The van der Waals surface area contributed by atoms with Crippen LogP contribution in [0.3, 0.4) is 0 Å². The van der Waals surface area contributed by atoms with Crippen LogP contribution in [0.5, 0.6) is 0 Å². The van der Waals surface area contributed by atoms with Crippen molar-refractivity contribution in [1.82, 2.24) is 20.4 Å². The number of nitrogens with zero attached hydrogens (tertiary/aromatic N) is 2. The van der Waals surface area contributed by atoms with Crippen LogP contribution in [0, 0.1) is 11.7 Å². The molecule has 3 N–H and O–H groups in total. The van der Waals surface area contributed by atoms with Gasteiger partial charge in [0.2, 0.25) is 0 Å². The summed E-state index contributed by atoms with van der Waals surface area (Å²) in [6.07, 6.45) is 2.58. The van der Waals surface area contributed by atoms with Crippen molar-refractivity contribution in [2.24, 2.45) is 5.92 Å². The van der Waals surface area contributed by atoms with Crippen molar-refractivity contribution in [2.75, 3.05) is 26.7 Å². The molecule has 0 spiro atoms. The van der Waals surface area contributed by atoms with E-state index in [1.54, 1.807) is 18.0 Å². The van der Waals surface area contributed by atoms with Crippen LogP contribution in [0.2, 0.25) is 0 Å². The number of hydrogen-bond donors (Lipinski definition) is 3. The predicted octanol–water partition coefficient (Wildman–Crippen LogP) is 2.68. The number of amides is 4. The summed E-state index contributed by atoms with van der Waals surface area (Å²) in [6, 6.07) is 10.1. The number of nitrogens with one attached hydrogen (secondary N) is 2. The Morgan fingerprint density at radius 2 is 1.87 bits per heavy atom. The van der Waals surface area contributed by atoms with Gasteiger partial charge in [-0.25, -0.2) is 14.0 Å². The molecular weight excluding hydrogens is 399 g/mol. The molecule has 1 saturated heterocycles. The molecule has 2 atom stereocenters. The van der Waals surface area contributed by atoms with Gasteiger partial charge in [-0.1, -0.05) is 18.2 Å². The molecule has 1 aliphatic carbocycles. The molecule has 0 unspecified atom stereocenters. The monoisotopic (exact) mass is 428 g/mol. The highest BCUT2D eigenvalue weighted by Crippen LogP contribution is 2.32. The van der Waals surface area contributed by atoms with Gasteiger partial charge in [0.15, 0.2) is 0 Å². The number of hydrogen-bond acceptors (Lipinski definition) is 3. The van der Waals surface area contributed by atoms with Crippen LogP contribution in [0.25, 0.3) is 10.8 Å². The number of carbonyl (C=O) groups is 2. The smallest absolute Gasteiger partial charge is 0.318 e. The number of halogens is 1. The van der Waals surface area contributed by atoms with Gasteiger partial charge in [0, 0.05) is 45.2 Å². The molecular formula is C23H29FN4O3. The minimum absolute atomic E-state index is 0.0121. The third-order valence-corrected chi connectivity index (χ3v) is 6.15. The number of benzene rings is 2. The molecule has 0 bridgehead atoms. The number of urea groups is 2. The summed E-state index contributed by atoms with van der Waals surface area (Å²) >= 11 is 0. The summed E-state index contributed by atoms with van der Waals surface area (Å²) in [7, 11) is 1.59. The molecule has 0 aromatic heterocycles. The highest BCUT2D eigenvalue weighted by Gasteiger charge is 2.41. The molecule has 2 aromatic carbocycles. The highest BCUT2D eigenvalue weighted by atomic mass is 19.1. The fourth-order valence-corrected chi connectivity index (χ4v) is 4.46. The van der Waals surface area contributed by atoms with Gasteiger partial charge in [-0.3, -0.25) is 0 Å². The van der Waals surface area contributed by atoms with E-state index in [-0.39, 0.29) is 42.5 Å². The van der Waals surface area contributed by atoms with Crippen LogP contribution in [0.4, 0.5) is 14.0 Å². The minimum Gasteiger partial charge on any atom is -0.396 e. The van der Waals surface area contributed by atoms with Crippen molar-refractivity contribution in [3.63, 3.8) is 0 Å². The molecule has 166 valence electrons. The van der Waals surface area contributed by atoms with E-state index in [1.165, 1.54) is 12.1 Å². The zero-order valence-corrected chi connectivity index (χ0v) is 17.7. The standard InChI is InChI=1S/C23H29FN4O3/c1-25-22(30)27-12-16(14-29)9-21(13-27)28(20-6-7-20)23(31)26-11-15-2-3-18-10-19(24)5-4-17(18)8-15/h2-5,8,10,16,20-21,29H,6-7,9,11-14H2,1H3,(H,25,30)(H,26,31)/t16-,21+/m0/s1. The summed E-state index contributed by atoms with van der Waals surface area (Å²) in [6.45, 7) is 1.30. The van der Waals surface area contributed by atoms with E-state index < -0.39 is 0 Å². The molecule has 1 heterocycles. The van der Waals surface area contributed by atoms with Crippen LogP contribution >= 0.6 is 0 Å². The van der Waals surface area contributed by atoms with Gasteiger partial charge >= 0.3 is 12.1 Å². The number of aliphatic hydroxyl groups excluding tert-OH is 1. The van der Waals surface area contributed by atoms with E-state index in [4.69, 9.17) is 0 Å². The van der Waals surface area contributed by atoms with Crippen molar-refractivity contribution in [1.29, 1.82) is 0 Å². The average Bonchev–Trinajstić information content (AvgIpc) is 3.62. The van der Waals surface area contributed by atoms with Crippen LogP contribution in [0.15, 0.2) is 36.4 Å². The lowest BCUT2D eigenvalue weighted by atomic mass is 9.94. The van der Waals surface area contributed by atoms with E-state index >= 15 is 0 Å². The van der Waals surface area contributed by atoms with E-state index in [2.05, 4.69) is 10.6 Å². The molecule has 0 radical (unpaired) electrons. The summed E-state index contributed by atoms with van der Waals surface area (Å²) in [4.78, 5) is 28.9. The maximum absolute atomic E-state index is 13.4. The maximum Gasteiger partial charge on any atom is 0.318 e. The van der Waals surface area contributed by atoms with E-state index in [1.807, 2.05) is 23.1 Å². The zero-order valence-electron chi connectivity index (χ0n) is 17.7. The molecule has 1 aliphatic heterocycles. The lowest BCUT2D eigenvalue weighted by molar-refractivity contribution is 0.0690. The normalized spacial score (nSPS) is 21.1. The van der Waals surface area contributed by atoms with Gasteiger partial charge in [-0.05, 0) is 53.8 Å². The van der Waals surface area contributed by atoms with E-state index in [0.717, 1.165) is 29.2 Å². The molecule has 4 amide bonds. The van der Waals surface area contributed by atoms with Crippen LogP contribution in [-0.2, 0) is 6.54 Å². The van der Waals surface area contributed by atoms with Gasteiger partial charge in [0.05, 0.1) is 6.04 Å². The van der Waals surface area contributed by atoms with Crippen LogP contribution < -0.4 is 10.6 Å². The number of rotatable bonds is 5. The second-order valence-corrected chi connectivity index (χ2v) is 8.52. The molecule has 2 aromatic rings. The largest absolute Gasteiger partial charge is 0.396 e. The quantitative estimate of drug-likeness (QED) is 0.685. The third-order valence-electron chi connectivity index (χ3n) is 6.15. The Morgan fingerprint density at radius 3 is 2.58 bits per heavy atom. The second kappa shape index (κ2) is 9.09. The van der Waals surface area contributed by atoms with Gasteiger partial charge in [-0.15, -0.1) is 0 Å². The molecule has 1 saturated carbocycles. The first-order chi connectivity index (χ1) is 15.0. The molecule has 4 rings (SSSR count). The molecule has 2 fully saturated rings. The number of likely N-dealkylation sites (tertiary alicyclic amines) is 1. The Morgan fingerprint density at radius 1 is 1.13 bits per heavy atom. The van der Waals surface area contributed by atoms with Crippen molar-refractivity contribution in [2.45, 2.75) is 37.9 Å².